The number of carbonyl (C=O) groups is 3. The highest BCUT2D eigenvalue weighted by Crippen LogP contribution is 2.33. The number of hydrogen-bond donors (Lipinski definition) is 1. The van der Waals surface area contributed by atoms with Gasteiger partial charge in [-0.15, -0.1) is 0 Å². The maximum absolute atomic E-state index is 12.9. The normalized spacial score (nSPS) is 11.6. The number of furan rings is 1. The van der Waals surface area contributed by atoms with Gasteiger partial charge in [-0.25, -0.2) is 13.6 Å². The van der Waals surface area contributed by atoms with Crippen LogP contribution in [-0.4, -0.2) is 36.4 Å². The Morgan fingerprint density at radius 2 is 1.37 bits per heavy atom. The van der Waals surface area contributed by atoms with E-state index in [0.717, 1.165) is 29.4 Å². The van der Waals surface area contributed by atoms with Gasteiger partial charge in [0.25, 0.3) is 0 Å². The highest BCUT2D eigenvalue weighted by Gasteiger charge is 2.27. The molecule has 5 aromatic rings. The van der Waals surface area contributed by atoms with E-state index < -0.39 is 23.3 Å². The van der Waals surface area contributed by atoms with Crippen LogP contribution in [0.5, 0.6) is 11.5 Å². The van der Waals surface area contributed by atoms with Gasteiger partial charge in [-0.1, -0.05) is 36.4 Å². The zero-order valence-electron chi connectivity index (χ0n) is 22.8. The van der Waals surface area contributed by atoms with Gasteiger partial charge in [0.15, 0.2) is 12.4 Å². The number of halogens is 3. The lowest BCUT2D eigenvalue weighted by Crippen LogP contribution is -2.14. The third-order valence-electron chi connectivity index (χ3n) is 6.65. The number of Topliss-reactive ketones (excluding diaryl/α,β-unsaturated/α-hetero) is 2. The lowest BCUT2D eigenvalue weighted by molar-refractivity contribution is -0.135. The molecule has 1 N–H and O–H groups in total. The molecule has 0 unspecified atom stereocenters. The Balaban J connectivity index is 0.000000238. The molecular formula is C33H27F3O7. The Morgan fingerprint density at radius 3 is 1.95 bits per heavy atom. The van der Waals surface area contributed by atoms with E-state index in [4.69, 9.17) is 9.15 Å². The van der Waals surface area contributed by atoms with Crippen LogP contribution in [0.3, 0.4) is 0 Å². The molecule has 1 aliphatic heterocycles. The first-order chi connectivity index (χ1) is 20.2. The average molecular weight is 595 g/mol. The van der Waals surface area contributed by atoms with Gasteiger partial charge in [-0.3, -0.25) is 14.3 Å². The molecule has 0 aliphatic carbocycles. The number of aromatic hydroxyl groups is 1. The van der Waals surface area contributed by atoms with Crippen molar-refractivity contribution in [3.05, 3.63) is 130 Å². The van der Waals surface area contributed by atoms with Crippen LogP contribution in [0.2, 0.25) is 0 Å². The number of benzene rings is 4. The standard InChI is InChI=1S/C18H13FO5.C15H11FO2.FH.H2/c1-23-18(22)16(21)17-15(20)13-9-11(4-7-14(13)24-17)8-10-2-5-12(19)6-3-10;16-12-4-1-10(2-5-12)7-11-3-6-15-13(8-11)14(17)9-18-15;;/h2-7,9,20H,8H2,1H3;1-6,8H,7,9H2;2*1H/i;;;1+2. The van der Waals surface area contributed by atoms with E-state index in [1.807, 2.05) is 18.2 Å². The minimum absolute atomic E-state index is 0. The highest BCUT2D eigenvalue weighted by atomic mass is 19.1. The number of methoxy groups -OCH3 is 1. The van der Waals surface area contributed by atoms with Gasteiger partial charge in [0.05, 0.1) is 18.1 Å². The predicted molar refractivity (Wildman–Crippen MR) is 154 cm³/mol. The summed E-state index contributed by atoms with van der Waals surface area (Å²) >= 11 is 0. The van der Waals surface area contributed by atoms with Crippen molar-refractivity contribution in [3.63, 3.8) is 0 Å². The van der Waals surface area contributed by atoms with Gasteiger partial charge in [0.2, 0.25) is 11.5 Å². The van der Waals surface area contributed by atoms with Gasteiger partial charge >= 0.3 is 11.8 Å². The Hall–Kier alpha value is -5.38. The van der Waals surface area contributed by atoms with Gasteiger partial charge in [-0.2, -0.15) is 0 Å². The summed E-state index contributed by atoms with van der Waals surface area (Å²) in [7, 11) is 1.07. The second kappa shape index (κ2) is 13.1. The van der Waals surface area contributed by atoms with Crippen molar-refractivity contribution < 1.29 is 48.3 Å². The van der Waals surface area contributed by atoms with Crippen molar-refractivity contribution in [2.24, 2.45) is 0 Å². The van der Waals surface area contributed by atoms with Crippen molar-refractivity contribution >= 4 is 28.5 Å². The Morgan fingerprint density at radius 1 is 0.837 bits per heavy atom. The third kappa shape index (κ3) is 6.92. The molecule has 1 aliphatic rings. The number of rotatable bonds is 6. The van der Waals surface area contributed by atoms with Crippen LogP contribution in [0.4, 0.5) is 13.5 Å². The molecule has 6 rings (SSSR count). The fourth-order valence-corrected chi connectivity index (χ4v) is 4.51. The van der Waals surface area contributed by atoms with E-state index in [2.05, 4.69) is 4.74 Å². The molecule has 0 radical (unpaired) electrons. The van der Waals surface area contributed by atoms with E-state index in [9.17, 15) is 28.3 Å². The molecule has 7 nitrogen and oxygen atoms in total. The molecule has 0 bridgehead atoms. The van der Waals surface area contributed by atoms with E-state index in [1.165, 1.54) is 24.3 Å². The molecule has 10 heteroatoms. The van der Waals surface area contributed by atoms with Gasteiger partial charge < -0.3 is 19.0 Å². The first kappa shape index (κ1) is 30.6. The largest absolute Gasteiger partial charge is 0.504 e. The summed E-state index contributed by atoms with van der Waals surface area (Å²) in [5, 5.41) is 10.5. The maximum atomic E-state index is 12.9. The fourth-order valence-electron chi connectivity index (χ4n) is 4.51. The molecule has 1 aromatic heterocycles. The van der Waals surface area contributed by atoms with E-state index in [1.54, 1.807) is 42.5 Å². The predicted octanol–water partition coefficient (Wildman–Crippen LogP) is 6.61. The average Bonchev–Trinajstić information content (AvgIpc) is 3.53. The number of carbonyl (C=O) groups excluding carboxylic acids is 3. The number of fused-ring (bicyclic) bond motifs is 2. The molecule has 2 heterocycles. The van der Waals surface area contributed by atoms with Crippen LogP contribution < -0.4 is 4.74 Å². The molecule has 0 fully saturated rings. The van der Waals surface area contributed by atoms with Crippen molar-refractivity contribution in [1.82, 2.24) is 0 Å². The summed E-state index contributed by atoms with van der Waals surface area (Å²) in [5.41, 5.74) is 4.70. The number of ketones is 2. The van der Waals surface area contributed by atoms with Gasteiger partial charge in [-0.05, 0) is 83.6 Å². The molecule has 43 heavy (non-hydrogen) atoms. The summed E-state index contributed by atoms with van der Waals surface area (Å²) in [6.07, 6.45) is 1.20. The summed E-state index contributed by atoms with van der Waals surface area (Å²) in [4.78, 5) is 34.7. The fraction of sp³-hybridized carbons (Fsp3) is 0.121. The van der Waals surface area contributed by atoms with Crippen LogP contribution in [0.25, 0.3) is 11.0 Å². The summed E-state index contributed by atoms with van der Waals surface area (Å²) in [6.45, 7) is 0.134. The van der Waals surface area contributed by atoms with Crippen molar-refractivity contribution in [3.8, 4) is 11.5 Å². The first-order valence-electron chi connectivity index (χ1n) is 12.9. The van der Waals surface area contributed by atoms with Crippen molar-refractivity contribution in [2.45, 2.75) is 12.8 Å². The minimum atomic E-state index is -1.11. The van der Waals surface area contributed by atoms with E-state index in [0.29, 0.717) is 29.5 Å². The van der Waals surface area contributed by atoms with E-state index >= 15 is 0 Å². The topological polar surface area (TPSA) is 103 Å². The second-order valence-electron chi connectivity index (χ2n) is 9.58. The quantitative estimate of drug-likeness (QED) is 0.134. The number of ether oxygens (including phenoxy) is 2. The van der Waals surface area contributed by atoms with Crippen LogP contribution in [-0.2, 0) is 22.4 Å². The van der Waals surface area contributed by atoms with Crippen LogP contribution in [0.1, 0.15) is 44.6 Å². The highest BCUT2D eigenvalue weighted by molar-refractivity contribution is 6.41. The Kier molecular flexibility index (Phi) is 9.29. The SMILES string of the molecule is COC(=O)C(=O)c1oc2ccc(Cc3ccc(F)cc3)cc2c1O.F.O=C1COc2ccc(Cc3ccc(F)cc3)cc21.[3HH]. The van der Waals surface area contributed by atoms with Gasteiger partial charge in [0, 0.05) is 1.43 Å². The first-order valence-corrected chi connectivity index (χ1v) is 12.9. The summed E-state index contributed by atoms with van der Waals surface area (Å²) < 4.78 is 40.6. The van der Waals surface area contributed by atoms with Crippen LogP contribution in [0, 0.1) is 11.6 Å². The van der Waals surface area contributed by atoms with Crippen molar-refractivity contribution in [2.75, 3.05) is 13.7 Å². The van der Waals surface area contributed by atoms with Crippen molar-refractivity contribution in [1.29, 1.82) is 0 Å². The lowest BCUT2D eigenvalue weighted by atomic mass is 10.0. The molecule has 222 valence electrons. The molecule has 0 amide bonds. The molecular weight excluding hydrogens is 565 g/mol. The second-order valence-corrected chi connectivity index (χ2v) is 9.58. The van der Waals surface area contributed by atoms with E-state index in [-0.39, 0.29) is 35.7 Å². The monoisotopic (exact) mass is 594 g/mol. The molecule has 0 saturated heterocycles. The zero-order chi connectivity index (χ0) is 29.8. The number of esters is 1. The van der Waals surface area contributed by atoms with Gasteiger partial charge in [0.1, 0.15) is 23.0 Å². The van der Waals surface area contributed by atoms with Crippen LogP contribution in [0.15, 0.2) is 89.3 Å². The summed E-state index contributed by atoms with van der Waals surface area (Å²) in [5.74, 6) is -2.89. The zero-order valence-corrected chi connectivity index (χ0v) is 22.8. The number of hydrogen-bond acceptors (Lipinski definition) is 7. The molecule has 0 atom stereocenters. The maximum Gasteiger partial charge on any atom is 0.382 e. The molecule has 4 aromatic carbocycles. The molecule has 0 saturated carbocycles. The Labute approximate surface area is 245 Å². The van der Waals surface area contributed by atoms with Crippen LogP contribution >= 0.6 is 0 Å². The Bertz CT molecular complexity index is 1800. The lowest BCUT2D eigenvalue weighted by Gasteiger charge is -2.04. The minimum Gasteiger partial charge on any atom is -0.504 e. The third-order valence-corrected chi connectivity index (χ3v) is 6.65. The smallest absolute Gasteiger partial charge is 0.382 e. The summed E-state index contributed by atoms with van der Waals surface area (Å²) in [6, 6.07) is 23.1. The molecule has 0 spiro atoms.